The average Bonchev–Trinajstić information content (AvgIpc) is 3.16. The zero-order chi connectivity index (χ0) is 19.3. The van der Waals surface area contributed by atoms with E-state index >= 15 is 0 Å². The first-order valence-electron chi connectivity index (χ1n) is 8.03. The highest BCUT2D eigenvalue weighted by molar-refractivity contribution is 7.91. The molecule has 0 fully saturated rings. The number of rotatable bonds is 7. The van der Waals surface area contributed by atoms with Crippen LogP contribution in [-0.4, -0.2) is 37.4 Å². The third-order valence-electron chi connectivity index (χ3n) is 3.71. The summed E-state index contributed by atoms with van der Waals surface area (Å²) in [6, 6.07) is 15.0. The van der Waals surface area contributed by atoms with Gasteiger partial charge in [0.15, 0.2) is 9.84 Å². The summed E-state index contributed by atoms with van der Waals surface area (Å²) in [6.45, 7) is 0. The fourth-order valence-corrected chi connectivity index (χ4v) is 3.52. The van der Waals surface area contributed by atoms with Crippen LogP contribution in [0.4, 0.5) is 6.01 Å². The maximum atomic E-state index is 12.3. The van der Waals surface area contributed by atoms with Gasteiger partial charge in [-0.25, -0.2) is 8.42 Å². The molecule has 27 heavy (non-hydrogen) atoms. The summed E-state index contributed by atoms with van der Waals surface area (Å²) in [5, 5.41) is 10.0. The lowest BCUT2D eigenvalue weighted by atomic mass is 10.2. The van der Waals surface area contributed by atoms with Gasteiger partial charge in [-0.15, -0.1) is 5.10 Å². The van der Waals surface area contributed by atoms with Gasteiger partial charge in [0.2, 0.25) is 11.8 Å². The lowest BCUT2D eigenvalue weighted by Gasteiger charge is -2.05. The molecule has 2 aromatic carbocycles. The maximum Gasteiger partial charge on any atom is 0.322 e. The fraction of sp³-hybridized carbons (Fsp3) is 0.167. The fourth-order valence-electron chi connectivity index (χ4n) is 2.28. The van der Waals surface area contributed by atoms with Gasteiger partial charge in [-0.3, -0.25) is 10.1 Å². The molecule has 0 aliphatic carbocycles. The summed E-state index contributed by atoms with van der Waals surface area (Å²) in [5.74, 6) is -0.0606. The van der Waals surface area contributed by atoms with Crippen LogP contribution < -0.4 is 10.1 Å². The van der Waals surface area contributed by atoms with Gasteiger partial charge in [-0.2, -0.15) is 0 Å². The number of carbonyl (C=O) groups is 1. The number of benzene rings is 2. The Hall–Kier alpha value is -3.20. The number of carbonyl (C=O) groups excluding carboxylic acids is 1. The minimum absolute atomic E-state index is 0.0827. The predicted octanol–water partition coefficient (Wildman–Crippen LogP) is 2.55. The van der Waals surface area contributed by atoms with Gasteiger partial charge >= 0.3 is 6.01 Å². The monoisotopic (exact) mass is 387 g/mol. The molecular weight excluding hydrogens is 370 g/mol. The Morgan fingerprint density at radius 1 is 1.07 bits per heavy atom. The van der Waals surface area contributed by atoms with Crippen molar-refractivity contribution in [3.63, 3.8) is 0 Å². The van der Waals surface area contributed by atoms with Crippen LogP contribution in [0.15, 0.2) is 63.9 Å². The number of methoxy groups -OCH3 is 1. The lowest BCUT2D eigenvalue weighted by molar-refractivity contribution is -0.115. The number of amides is 1. The summed E-state index contributed by atoms with van der Waals surface area (Å²) in [6.07, 6.45) is -0.239. The topological polar surface area (TPSA) is 111 Å². The Bertz CT molecular complexity index is 1010. The Balaban J connectivity index is 1.58. The van der Waals surface area contributed by atoms with Crippen molar-refractivity contribution < 1.29 is 22.4 Å². The van der Waals surface area contributed by atoms with Crippen molar-refractivity contribution in [2.45, 2.75) is 11.3 Å². The number of aromatic nitrogens is 2. The molecule has 1 aromatic heterocycles. The second kappa shape index (κ2) is 8.00. The highest BCUT2D eigenvalue weighted by Gasteiger charge is 2.18. The second-order valence-corrected chi connectivity index (χ2v) is 7.68. The zero-order valence-electron chi connectivity index (χ0n) is 14.5. The molecule has 140 valence electrons. The van der Waals surface area contributed by atoms with E-state index in [-0.39, 0.29) is 29.0 Å². The zero-order valence-corrected chi connectivity index (χ0v) is 15.3. The predicted molar refractivity (Wildman–Crippen MR) is 98.0 cm³/mol. The molecule has 0 radical (unpaired) electrons. The highest BCUT2D eigenvalue weighted by atomic mass is 32.2. The van der Waals surface area contributed by atoms with E-state index in [1.54, 1.807) is 24.3 Å². The molecule has 0 unspecified atom stereocenters. The van der Waals surface area contributed by atoms with Crippen molar-refractivity contribution in [3.05, 3.63) is 54.6 Å². The summed E-state index contributed by atoms with van der Waals surface area (Å²) in [5.41, 5.74) is 0.715. The molecule has 0 aliphatic heterocycles. The standard InChI is InChI=1S/C18H17N3O5S/c1-25-14-7-9-15(10-8-14)27(23,24)12-11-16(22)19-18-21-20-17(26-18)13-5-3-2-4-6-13/h2-10H,11-12H2,1H3,(H,19,21,22). The van der Waals surface area contributed by atoms with Crippen molar-refractivity contribution in [3.8, 4) is 17.2 Å². The van der Waals surface area contributed by atoms with E-state index in [1.807, 2.05) is 18.2 Å². The summed E-state index contributed by atoms with van der Waals surface area (Å²) in [4.78, 5) is 12.1. The van der Waals surface area contributed by atoms with Crippen molar-refractivity contribution in [1.29, 1.82) is 0 Å². The summed E-state index contributed by atoms with van der Waals surface area (Å²) >= 11 is 0. The second-order valence-electron chi connectivity index (χ2n) is 5.57. The van der Waals surface area contributed by atoms with Crippen molar-refractivity contribution in [2.75, 3.05) is 18.2 Å². The van der Waals surface area contributed by atoms with Crippen molar-refractivity contribution >= 4 is 21.8 Å². The van der Waals surface area contributed by atoms with Gasteiger partial charge in [0, 0.05) is 12.0 Å². The Labute approximate surface area is 156 Å². The molecular formula is C18H17N3O5S. The molecule has 0 saturated carbocycles. The number of hydrogen-bond acceptors (Lipinski definition) is 7. The van der Waals surface area contributed by atoms with Gasteiger partial charge in [0.25, 0.3) is 0 Å². The minimum Gasteiger partial charge on any atom is -0.497 e. The van der Waals surface area contributed by atoms with E-state index in [1.165, 1.54) is 19.2 Å². The first-order chi connectivity index (χ1) is 13.0. The minimum atomic E-state index is -3.59. The Morgan fingerprint density at radius 2 is 1.78 bits per heavy atom. The first kappa shape index (κ1) is 18.6. The van der Waals surface area contributed by atoms with Gasteiger partial charge in [0.1, 0.15) is 5.75 Å². The molecule has 8 nitrogen and oxygen atoms in total. The van der Waals surface area contributed by atoms with Gasteiger partial charge < -0.3 is 9.15 Å². The maximum absolute atomic E-state index is 12.3. The number of nitrogens with zero attached hydrogens (tertiary/aromatic N) is 2. The van der Waals surface area contributed by atoms with E-state index in [4.69, 9.17) is 9.15 Å². The molecule has 9 heteroatoms. The van der Waals surface area contributed by atoms with Crippen LogP contribution in [0.5, 0.6) is 5.75 Å². The Morgan fingerprint density at radius 3 is 2.44 bits per heavy atom. The van der Waals surface area contributed by atoms with E-state index in [0.717, 1.165) is 0 Å². The Kier molecular flexibility index (Phi) is 5.51. The quantitative estimate of drug-likeness (QED) is 0.663. The van der Waals surface area contributed by atoms with E-state index in [9.17, 15) is 13.2 Å². The summed E-state index contributed by atoms with van der Waals surface area (Å²) in [7, 11) is -2.10. The molecule has 1 heterocycles. The normalized spacial score (nSPS) is 11.1. The van der Waals surface area contributed by atoms with Crippen LogP contribution in [0.3, 0.4) is 0 Å². The van der Waals surface area contributed by atoms with E-state index in [2.05, 4.69) is 15.5 Å². The molecule has 0 saturated heterocycles. The summed E-state index contributed by atoms with van der Waals surface area (Å²) < 4.78 is 35.0. The van der Waals surface area contributed by atoms with E-state index in [0.29, 0.717) is 11.3 Å². The van der Waals surface area contributed by atoms with Crippen LogP contribution >= 0.6 is 0 Å². The number of ether oxygens (including phenoxy) is 1. The molecule has 3 aromatic rings. The molecule has 3 rings (SSSR count). The number of sulfone groups is 1. The van der Waals surface area contributed by atoms with Crippen LogP contribution in [-0.2, 0) is 14.6 Å². The molecule has 0 bridgehead atoms. The largest absolute Gasteiger partial charge is 0.497 e. The number of anilines is 1. The number of nitrogens with one attached hydrogen (secondary N) is 1. The third kappa shape index (κ3) is 4.70. The molecule has 0 spiro atoms. The van der Waals surface area contributed by atoms with Crippen molar-refractivity contribution in [1.82, 2.24) is 10.2 Å². The van der Waals surface area contributed by atoms with Gasteiger partial charge in [0.05, 0.1) is 17.8 Å². The van der Waals surface area contributed by atoms with Crippen LogP contribution in [0, 0.1) is 0 Å². The first-order valence-corrected chi connectivity index (χ1v) is 9.69. The van der Waals surface area contributed by atoms with Crippen LogP contribution in [0.2, 0.25) is 0 Å². The SMILES string of the molecule is COc1ccc(S(=O)(=O)CCC(=O)Nc2nnc(-c3ccccc3)o2)cc1. The third-order valence-corrected chi connectivity index (χ3v) is 5.44. The smallest absolute Gasteiger partial charge is 0.322 e. The average molecular weight is 387 g/mol. The molecule has 1 N–H and O–H groups in total. The van der Waals surface area contributed by atoms with E-state index < -0.39 is 15.7 Å². The van der Waals surface area contributed by atoms with Gasteiger partial charge in [-0.05, 0) is 36.4 Å². The number of hydrogen-bond donors (Lipinski definition) is 1. The van der Waals surface area contributed by atoms with Crippen LogP contribution in [0.1, 0.15) is 6.42 Å². The van der Waals surface area contributed by atoms with Crippen LogP contribution in [0.25, 0.3) is 11.5 Å². The van der Waals surface area contributed by atoms with Gasteiger partial charge in [-0.1, -0.05) is 23.3 Å². The highest BCUT2D eigenvalue weighted by Crippen LogP contribution is 2.20. The lowest BCUT2D eigenvalue weighted by Crippen LogP contribution is -2.17. The molecule has 0 atom stereocenters. The van der Waals surface area contributed by atoms with Crippen molar-refractivity contribution in [2.24, 2.45) is 0 Å². The molecule has 1 amide bonds. The molecule has 0 aliphatic rings.